The highest BCUT2D eigenvalue weighted by Crippen LogP contribution is 2.35. The van der Waals surface area contributed by atoms with Crippen LogP contribution in [0.1, 0.15) is 15.9 Å². The highest BCUT2D eigenvalue weighted by molar-refractivity contribution is 14.1. The fraction of sp³-hybridized carbons (Fsp3) is 0.121. The van der Waals surface area contributed by atoms with Crippen molar-refractivity contribution in [2.24, 2.45) is 0 Å². The zero-order chi connectivity index (χ0) is 31.5. The molecule has 44 heavy (non-hydrogen) atoms. The molecule has 0 saturated carbocycles. The van der Waals surface area contributed by atoms with Gasteiger partial charge >= 0.3 is 0 Å². The highest BCUT2D eigenvalue weighted by atomic mass is 127. The monoisotopic (exact) mass is 723 g/mol. The molecule has 3 amide bonds. The van der Waals surface area contributed by atoms with Crippen LogP contribution in [-0.2, 0) is 9.59 Å². The molecule has 4 rings (SSSR count). The van der Waals surface area contributed by atoms with E-state index in [0.29, 0.717) is 34.1 Å². The third-order valence-corrected chi connectivity index (χ3v) is 7.87. The molecule has 0 unspecified atom stereocenters. The quantitative estimate of drug-likeness (QED) is 0.0874. The molecule has 0 aliphatic heterocycles. The van der Waals surface area contributed by atoms with Gasteiger partial charge in [-0.25, -0.2) is 0 Å². The number of rotatable bonds is 12. The molecule has 0 fully saturated rings. The van der Waals surface area contributed by atoms with Gasteiger partial charge in [-0.05, 0) is 89.3 Å². The van der Waals surface area contributed by atoms with Gasteiger partial charge < -0.3 is 30.2 Å². The number of anilines is 2. The minimum atomic E-state index is -0.565. The van der Waals surface area contributed by atoms with Gasteiger partial charge in [0.05, 0.1) is 27.1 Å². The summed E-state index contributed by atoms with van der Waals surface area (Å²) in [6.07, 6.45) is 1.50. The Morgan fingerprint density at radius 3 is 2.11 bits per heavy atom. The Labute approximate surface area is 273 Å². The van der Waals surface area contributed by atoms with Crippen LogP contribution >= 0.6 is 34.4 Å². The van der Waals surface area contributed by atoms with Crippen LogP contribution in [0.25, 0.3) is 6.08 Å². The van der Waals surface area contributed by atoms with E-state index in [1.807, 2.05) is 30.3 Å². The molecule has 9 nitrogen and oxygen atoms in total. The van der Waals surface area contributed by atoms with Crippen molar-refractivity contribution in [3.8, 4) is 17.2 Å². The van der Waals surface area contributed by atoms with Crippen molar-refractivity contribution >= 4 is 69.5 Å². The molecule has 0 atom stereocenters. The molecule has 11 heteroatoms. The van der Waals surface area contributed by atoms with Gasteiger partial charge in [0.2, 0.25) is 5.91 Å². The molecule has 4 aromatic carbocycles. The fourth-order valence-electron chi connectivity index (χ4n) is 4.00. The van der Waals surface area contributed by atoms with E-state index in [1.54, 1.807) is 60.7 Å². The summed E-state index contributed by atoms with van der Waals surface area (Å²) in [6, 6.07) is 26.5. The zero-order valence-corrected chi connectivity index (χ0v) is 27.2. The van der Waals surface area contributed by atoms with Crippen molar-refractivity contribution in [1.29, 1.82) is 0 Å². The van der Waals surface area contributed by atoms with Gasteiger partial charge in [0.15, 0.2) is 11.5 Å². The van der Waals surface area contributed by atoms with Gasteiger partial charge in [-0.15, -0.1) is 11.8 Å². The van der Waals surface area contributed by atoms with Crippen LogP contribution in [0.5, 0.6) is 17.2 Å². The molecule has 0 heterocycles. The standard InChI is InChI=1S/C33H30IN3O6S/c1-41-28-19-30(43-3)29(42-2)17-22(28)16-27(37-32(39)21-8-5-4-6-9-21)33(40)36-25-10-7-11-26(18-25)44-20-31(38)35-24-14-12-23(34)13-15-24/h4-19H,20H2,1-3H3,(H,35,38)(H,36,40)(H,37,39)/b27-16+. The van der Waals surface area contributed by atoms with Crippen LogP contribution in [0.4, 0.5) is 11.4 Å². The molecule has 0 aliphatic carbocycles. The van der Waals surface area contributed by atoms with E-state index in [1.165, 1.54) is 39.2 Å². The van der Waals surface area contributed by atoms with E-state index in [2.05, 4.69) is 38.5 Å². The minimum Gasteiger partial charge on any atom is -0.496 e. The molecular weight excluding hydrogens is 693 g/mol. The Bertz CT molecular complexity index is 1660. The van der Waals surface area contributed by atoms with E-state index in [-0.39, 0.29) is 17.4 Å². The van der Waals surface area contributed by atoms with Crippen molar-refractivity contribution in [2.45, 2.75) is 4.90 Å². The maximum Gasteiger partial charge on any atom is 0.272 e. The van der Waals surface area contributed by atoms with E-state index in [9.17, 15) is 14.4 Å². The first kappa shape index (κ1) is 32.4. The Kier molecular flexibility index (Phi) is 11.7. The van der Waals surface area contributed by atoms with Crippen molar-refractivity contribution in [3.05, 3.63) is 111 Å². The predicted molar refractivity (Wildman–Crippen MR) is 182 cm³/mol. The van der Waals surface area contributed by atoms with Crippen molar-refractivity contribution in [3.63, 3.8) is 0 Å². The number of benzene rings is 4. The summed E-state index contributed by atoms with van der Waals surface area (Å²) in [6.45, 7) is 0. The lowest BCUT2D eigenvalue weighted by atomic mass is 10.1. The molecule has 0 aliphatic rings. The maximum absolute atomic E-state index is 13.6. The molecule has 226 valence electrons. The smallest absolute Gasteiger partial charge is 0.272 e. The SMILES string of the molecule is COc1cc(OC)c(OC)cc1/C=C(/NC(=O)c1ccccc1)C(=O)Nc1cccc(SCC(=O)Nc2ccc(I)cc2)c1. The molecule has 0 radical (unpaired) electrons. The second-order valence-electron chi connectivity index (χ2n) is 9.15. The van der Waals surface area contributed by atoms with E-state index in [4.69, 9.17) is 14.2 Å². The first-order chi connectivity index (χ1) is 21.3. The second kappa shape index (κ2) is 15.8. The first-order valence-corrected chi connectivity index (χ1v) is 15.3. The van der Waals surface area contributed by atoms with Crippen molar-refractivity contribution in [1.82, 2.24) is 5.32 Å². The highest BCUT2D eigenvalue weighted by Gasteiger charge is 2.18. The van der Waals surface area contributed by atoms with Crippen molar-refractivity contribution in [2.75, 3.05) is 37.7 Å². The lowest BCUT2D eigenvalue weighted by Gasteiger charge is -2.15. The summed E-state index contributed by atoms with van der Waals surface area (Å²) < 4.78 is 17.4. The first-order valence-electron chi connectivity index (χ1n) is 13.3. The maximum atomic E-state index is 13.6. The van der Waals surface area contributed by atoms with Gasteiger partial charge in [-0.2, -0.15) is 0 Å². The lowest BCUT2D eigenvalue weighted by Crippen LogP contribution is -2.30. The number of nitrogens with one attached hydrogen (secondary N) is 3. The number of amides is 3. The third-order valence-electron chi connectivity index (χ3n) is 6.15. The Hall–Kier alpha value is -4.49. The van der Waals surface area contributed by atoms with Crippen LogP contribution in [-0.4, -0.2) is 44.8 Å². The Morgan fingerprint density at radius 1 is 0.750 bits per heavy atom. The molecule has 3 N–H and O–H groups in total. The number of hydrogen-bond donors (Lipinski definition) is 3. The van der Waals surface area contributed by atoms with Crippen molar-refractivity contribution < 1.29 is 28.6 Å². The number of thioether (sulfide) groups is 1. The average Bonchev–Trinajstić information content (AvgIpc) is 3.04. The normalized spacial score (nSPS) is 10.9. The van der Waals surface area contributed by atoms with Gasteiger partial charge in [0.1, 0.15) is 11.4 Å². The Balaban J connectivity index is 1.55. The molecular formula is C33H30IN3O6S. The van der Waals surface area contributed by atoms with Crippen LogP contribution in [0.2, 0.25) is 0 Å². The summed E-state index contributed by atoms with van der Waals surface area (Å²) in [4.78, 5) is 39.9. The minimum absolute atomic E-state index is 0.0284. The van der Waals surface area contributed by atoms with Gasteiger partial charge in [0, 0.05) is 37.0 Å². The zero-order valence-electron chi connectivity index (χ0n) is 24.2. The largest absolute Gasteiger partial charge is 0.496 e. The van der Waals surface area contributed by atoms with Crippen LogP contribution in [0.15, 0.2) is 102 Å². The molecule has 4 aromatic rings. The molecule has 0 spiro atoms. The van der Waals surface area contributed by atoms with Crippen LogP contribution in [0, 0.1) is 3.57 Å². The van der Waals surface area contributed by atoms with E-state index in [0.717, 1.165) is 14.2 Å². The van der Waals surface area contributed by atoms with Gasteiger partial charge in [-0.1, -0.05) is 24.3 Å². The average molecular weight is 724 g/mol. The van der Waals surface area contributed by atoms with Crippen LogP contribution in [0.3, 0.4) is 0 Å². The summed E-state index contributed by atoms with van der Waals surface area (Å²) in [5, 5.41) is 8.45. The summed E-state index contributed by atoms with van der Waals surface area (Å²) >= 11 is 3.54. The Morgan fingerprint density at radius 2 is 1.43 bits per heavy atom. The second-order valence-corrected chi connectivity index (χ2v) is 11.4. The summed E-state index contributed by atoms with van der Waals surface area (Å²) in [7, 11) is 4.50. The molecule has 0 saturated heterocycles. The topological polar surface area (TPSA) is 115 Å². The number of carbonyl (C=O) groups excluding carboxylic acids is 3. The number of hydrogen-bond acceptors (Lipinski definition) is 7. The van der Waals surface area contributed by atoms with Gasteiger partial charge in [-0.3, -0.25) is 14.4 Å². The number of carbonyl (C=O) groups is 3. The van der Waals surface area contributed by atoms with Crippen LogP contribution < -0.4 is 30.2 Å². The molecule has 0 bridgehead atoms. The predicted octanol–water partition coefficient (Wildman–Crippen LogP) is 6.46. The van der Waals surface area contributed by atoms with E-state index < -0.39 is 11.8 Å². The summed E-state index contributed by atoms with van der Waals surface area (Å²) in [5.41, 5.74) is 2.04. The fourth-order valence-corrected chi connectivity index (χ4v) is 5.12. The van der Waals surface area contributed by atoms with E-state index >= 15 is 0 Å². The number of ether oxygens (including phenoxy) is 3. The number of methoxy groups -OCH3 is 3. The molecule has 0 aromatic heterocycles. The lowest BCUT2D eigenvalue weighted by molar-refractivity contribution is -0.114. The van der Waals surface area contributed by atoms with Gasteiger partial charge in [0.25, 0.3) is 11.8 Å². The number of halogens is 1. The summed E-state index contributed by atoms with van der Waals surface area (Å²) in [5.74, 6) is 0.277. The third kappa shape index (κ3) is 9.01.